The number of hydrogen-bond acceptors (Lipinski definition) is 3. The van der Waals surface area contributed by atoms with E-state index in [1.54, 1.807) is 0 Å². The lowest BCUT2D eigenvalue weighted by molar-refractivity contribution is 0.102. The van der Waals surface area contributed by atoms with Gasteiger partial charge in [-0.25, -0.2) is 0 Å². The second kappa shape index (κ2) is 7.41. The van der Waals surface area contributed by atoms with Crippen molar-refractivity contribution in [2.75, 3.05) is 16.8 Å². The molecule has 1 saturated heterocycles. The molecule has 2 heterocycles. The SMILES string of the molecule is Cc1cc(C)c2cc(C(=O)Nc3cccc(C4SCCCS4)c3)[nH]c2c1. The van der Waals surface area contributed by atoms with Crippen LogP contribution in [0.15, 0.2) is 42.5 Å². The van der Waals surface area contributed by atoms with Crippen molar-refractivity contribution in [2.24, 2.45) is 0 Å². The van der Waals surface area contributed by atoms with E-state index < -0.39 is 0 Å². The van der Waals surface area contributed by atoms with Gasteiger partial charge in [-0.1, -0.05) is 18.2 Å². The van der Waals surface area contributed by atoms with Crippen LogP contribution in [-0.2, 0) is 0 Å². The third-order valence-corrected chi connectivity index (χ3v) is 7.59. The van der Waals surface area contributed by atoms with Gasteiger partial charge in [0.1, 0.15) is 5.69 Å². The van der Waals surface area contributed by atoms with Gasteiger partial charge in [0.25, 0.3) is 5.91 Å². The van der Waals surface area contributed by atoms with Crippen molar-refractivity contribution < 1.29 is 4.79 Å². The van der Waals surface area contributed by atoms with Crippen molar-refractivity contribution in [1.82, 2.24) is 4.98 Å². The molecule has 0 radical (unpaired) electrons. The Morgan fingerprint density at radius 1 is 1.12 bits per heavy atom. The highest BCUT2D eigenvalue weighted by Crippen LogP contribution is 2.44. The van der Waals surface area contributed by atoms with E-state index >= 15 is 0 Å². The third kappa shape index (κ3) is 3.64. The molecule has 3 aromatic rings. The number of aromatic nitrogens is 1. The molecule has 26 heavy (non-hydrogen) atoms. The summed E-state index contributed by atoms with van der Waals surface area (Å²) in [5.41, 5.74) is 6.12. The van der Waals surface area contributed by atoms with Crippen molar-refractivity contribution in [1.29, 1.82) is 0 Å². The third-order valence-electron chi connectivity index (χ3n) is 4.58. The lowest BCUT2D eigenvalue weighted by atomic mass is 10.1. The molecule has 1 fully saturated rings. The zero-order chi connectivity index (χ0) is 18.1. The van der Waals surface area contributed by atoms with Crippen LogP contribution in [0, 0.1) is 13.8 Å². The molecular formula is C21H22N2OS2. The molecule has 0 aliphatic carbocycles. The number of nitrogens with one attached hydrogen (secondary N) is 2. The van der Waals surface area contributed by atoms with E-state index in [1.165, 1.54) is 34.6 Å². The van der Waals surface area contributed by atoms with Crippen molar-refractivity contribution in [3.63, 3.8) is 0 Å². The maximum absolute atomic E-state index is 12.7. The van der Waals surface area contributed by atoms with E-state index in [-0.39, 0.29) is 5.91 Å². The van der Waals surface area contributed by atoms with Crippen LogP contribution in [0.1, 0.15) is 38.2 Å². The molecule has 0 unspecified atom stereocenters. The van der Waals surface area contributed by atoms with Crippen molar-refractivity contribution >= 4 is 46.0 Å². The highest BCUT2D eigenvalue weighted by Gasteiger charge is 2.17. The summed E-state index contributed by atoms with van der Waals surface area (Å²) in [6, 6.07) is 14.4. The number of anilines is 1. The number of fused-ring (bicyclic) bond motifs is 1. The molecule has 1 aromatic heterocycles. The van der Waals surface area contributed by atoms with Gasteiger partial charge in [0.15, 0.2) is 0 Å². The number of carbonyl (C=O) groups is 1. The smallest absolute Gasteiger partial charge is 0.272 e. The average Bonchev–Trinajstić information content (AvgIpc) is 3.07. The van der Waals surface area contributed by atoms with Crippen LogP contribution in [0.4, 0.5) is 5.69 Å². The average molecular weight is 383 g/mol. The lowest BCUT2D eigenvalue weighted by Gasteiger charge is -2.21. The van der Waals surface area contributed by atoms with Crippen LogP contribution < -0.4 is 5.32 Å². The fraction of sp³-hybridized carbons (Fsp3) is 0.286. The van der Waals surface area contributed by atoms with E-state index in [4.69, 9.17) is 0 Å². The summed E-state index contributed by atoms with van der Waals surface area (Å²) in [4.78, 5) is 16.0. The second-order valence-electron chi connectivity index (χ2n) is 6.73. The van der Waals surface area contributed by atoms with Gasteiger partial charge in [-0.3, -0.25) is 4.79 Å². The Morgan fingerprint density at radius 2 is 1.92 bits per heavy atom. The molecule has 2 aromatic carbocycles. The second-order valence-corrected chi connectivity index (χ2v) is 9.46. The van der Waals surface area contributed by atoms with Gasteiger partial charge in [-0.05, 0) is 72.7 Å². The van der Waals surface area contributed by atoms with Crippen LogP contribution >= 0.6 is 23.5 Å². The first-order valence-corrected chi connectivity index (χ1v) is 10.9. The van der Waals surface area contributed by atoms with E-state index in [0.29, 0.717) is 10.3 Å². The minimum absolute atomic E-state index is 0.0978. The van der Waals surface area contributed by atoms with Gasteiger partial charge >= 0.3 is 0 Å². The minimum Gasteiger partial charge on any atom is -0.351 e. The molecule has 134 valence electrons. The van der Waals surface area contributed by atoms with Crippen LogP contribution in [-0.4, -0.2) is 22.4 Å². The van der Waals surface area contributed by atoms with Gasteiger partial charge in [-0.2, -0.15) is 0 Å². The number of amides is 1. The molecule has 1 amide bonds. The number of hydrogen-bond donors (Lipinski definition) is 2. The predicted octanol–water partition coefficient (Wildman–Crippen LogP) is 5.91. The van der Waals surface area contributed by atoms with Gasteiger partial charge in [0, 0.05) is 16.6 Å². The molecule has 1 aliphatic heterocycles. The Morgan fingerprint density at radius 3 is 2.73 bits per heavy atom. The fourth-order valence-electron chi connectivity index (χ4n) is 3.36. The molecule has 0 spiro atoms. The standard InChI is InChI=1S/C21H22N2OS2/c1-13-9-14(2)17-12-19(23-18(17)10-13)20(24)22-16-6-3-5-15(11-16)21-25-7-4-8-26-21/h3,5-6,9-12,21,23H,4,7-8H2,1-2H3,(H,22,24). The summed E-state index contributed by atoms with van der Waals surface area (Å²) in [5, 5.41) is 4.15. The molecule has 1 aliphatic rings. The van der Waals surface area contributed by atoms with Crippen molar-refractivity contribution in [3.05, 3.63) is 64.8 Å². The van der Waals surface area contributed by atoms with Gasteiger partial charge in [0.2, 0.25) is 0 Å². The number of rotatable bonds is 3. The Bertz CT molecular complexity index is 958. The molecular weight excluding hydrogens is 360 g/mol. The first-order valence-electron chi connectivity index (χ1n) is 8.84. The highest BCUT2D eigenvalue weighted by molar-refractivity contribution is 8.16. The first kappa shape index (κ1) is 17.6. The lowest BCUT2D eigenvalue weighted by Crippen LogP contribution is -2.12. The summed E-state index contributed by atoms with van der Waals surface area (Å²) in [7, 11) is 0. The van der Waals surface area contributed by atoms with Crippen LogP contribution in [0.25, 0.3) is 10.9 Å². The topological polar surface area (TPSA) is 44.9 Å². The molecule has 0 saturated carbocycles. The van der Waals surface area contributed by atoms with Crippen LogP contribution in [0.2, 0.25) is 0 Å². The number of benzene rings is 2. The Kier molecular flexibility index (Phi) is 5.00. The van der Waals surface area contributed by atoms with Crippen molar-refractivity contribution in [3.8, 4) is 0 Å². The first-order chi connectivity index (χ1) is 12.6. The van der Waals surface area contributed by atoms with E-state index in [0.717, 1.165) is 16.6 Å². The minimum atomic E-state index is -0.0978. The van der Waals surface area contributed by atoms with Gasteiger partial charge in [-0.15, -0.1) is 23.5 Å². The van der Waals surface area contributed by atoms with E-state index in [9.17, 15) is 4.79 Å². The number of aryl methyl sites for hydroxylation is 2. The fourth-order valence-corrected chi connectivity index (χ4v) is 6.24. The predicted molar refractivity (Wildman–Crippen MR) is 114 cm³/mol. The molecule has 5 heteroatoms. The number of aromatic amines is 1. The molecule has 4 rings (SSSR count). The largest absolute Gasteiger partial charge is 0.351 e. The highest BCUT2D eigenvalue weighted by atomic mass is 32.2. The molecule has 0 bridgehead atoms. The number of H-pyrrole nitrogens is 1. The Labute approximate surface area is 162 Å². The summed E-state index contributed by atoms with van der Waals surface area (Å²) in [5.74, 6) is 2.32. The summed E-state index contributed by atoms with van der Waals surface area (Å²) in [6.45, 7) is 4.15. The summed E-state index contributed by atoms with van der Waals surface area (Å²) in [6.07, 6.45) is 1.28. The number of thioether (sulfide) groups is 2. The maximum atomic E-state index is 12.7. The normalized spacial score (nSPS) is 15.3. The van der Waals surface area contributed by atoms with E-state index in [2.05, 4.69) is 48.4 Å². The zero-order valence-electron chi connectivity index (χ0n) is 15.0. The molecule has 2 N–H and O–H groups in total. The maximum Gasteiger partial charge on any atom is 0.272 e. The molecule has 0 atom stereocenters. The Hall–Kier alpha value is -1.85. The summed E-state index contributed by atoms with van der Waals surface area (Å²) >= 11 is 3.98. The van der Waals surface area contributed by atoms with Crippen molar-refractivity contribution in [2.45, 2.75) is 24.9 Å². The van der Waals surface area contributed by atoms with E-state index in [1.807, 2.05) is 41.7 Å². The number of carbonyl (C=O) groups excluding carboxylic acids is 1. The molecule has 3 nitrogen and oxygen atoms in total. The quantitative estimate of drug-likeness (QED) is 0.592. The summed E-state index contributed by atoms with van der Waals surface area (Å²) < 4.78 is 0.472. The van der Waals surface area contributed by atoms with Gasteiger partial charge < -0.3 is 10.3 Å². The monoisotopic (exact) mass is 382 g/mol. The van der Waals surface area contributed by atoms with Crippen LogP contribution in [0.5, 0.6) is 0 Å². The zero-order valence-corrected chi connectivity index (χ0v) is 16.6. The Balaban J connectivity index is 1.55. The van der Waals surface area contributed by atoms with Crippen LogP contribution in [0.3, 0.4) is 0 Å². The van der Waals surface area contributed by atoms with Gasteiger partial charge in [0.05, 0.1) is 4.58 Å².